The third kappa shape index (κ3) is 3.25. The fraction of sp³-hybridized carbons (Fsp3) is 0.875. The van der Waals surface area contributed by atoms with Crippen molar-refractivity contribution in [3.05, 3.63) is 0 Å². The van der Waals surface area contributed by atoms with E-state index in [2.05, 4.69) is 5.32 Å². The van der Waals surface area contributed by atoms with Gasteiger partial charge in [0.1, 0.15) is 0 Å². The van der Waals surface area contributed by atoms with E-state index in [1.807, 2.05) is 0 Å². The van der Waals surface area contributed by atoms with Crippen LogP contribution in [0.4, 0.5) is 4.79 Å². The lowest BCUT2D eigenvalue weighted by Gasteiger charge is -2.24. The zero-order valence-electron chi connectivity index (χ0n) is 6.68. The van der Waals surface area contributed by atoms with Crippen LogP contribution in [0.1, 0.15) is 32.1 Å². The highest BCUT2D eigenvalue weighted by atomic mass is 16.4. The molecule has 1 aliphatic rings. The van der Waals surface area contributed by atoms with Crippen molar-refractivity contribution < 1.29 is 9.90 Å². The number of carboxylic acid groups (broad SMARTS) is 1. The summed E-state index contributed by atoms with van der Waals surface area (Å²) >= 11 is 0. The molecule has 0 bridgehead atoms. The number of hydrogen-bond acceptors (Lipinski definition) is 1. The summed E-state index contributed by atoms with van der Waals surface area (Å²) < 4.78 is 0. The maximum Gasteiger partial charge on any atom is 0.404 e. The van der Waals surface area contributed by atoms with Gasteiger partial charge >= 0.3 is 6.09 Å². The highest BCUT2D eigenvalue weighted by Crippen LogP contribution is 2.29. The predicted molar refractivity (Wildman–Crippen MR) is 42.6 cm³/mol. The Morgan fingerprint density at radius 3 is 2.73 bits per heavy atom. The Bertz CT molecular complexity index is 132. The number of amides is 1. The van der Waals surface area contributed by atoms with E-state index in [0.29, 0.717) is 6.54 Å². The van der Waals surface area contributed by atoms with Crippen LogP contribution >= 0.6 is 0 Å². The summed E-state index contributed by atoms with van der Waals surface area (Å²) in [5, 5.41) is 10.6. The molecule has 0 spiro atoms. The van der Waals surface area contributed by atoms with Gasteiger partial charge in [0.2, 0.25) is 0 Å². The van der Waals surface area contributed by atoms with E-state index in [4.69, 9.17) is 5.11 Å². The fourth-order valence-corrected chi connectivity index (χ4v) is 1.37. The summed E-state index contributed by atoms with van der Waals surface area (Å²) in [6.45, 7) is 0.617. The smallest absolute Gasteiger partial charge is 0.404 e. The first-order valence-electron chi connectivity index (χ1n) is 4.26. The van der Waals surface area contributed by atoms with Crippen molar-refractivity contribution in [2.75, 3.05) is 6.54 Å². The average Bonchev–Trinajstić information content (AvgIpc) is 1.82. The van der Waals surface area contributed by atoms with Gasteiger partial charge < -0.3 is 10.4 Å². The lowest BCUT2D eigenvalue weighted by molar-refractivity contribution is 0.193. The second-order valence-corrected chi connectivity index (χ2v) is 3.17. The van der Waals surface area contributed by atoms with Crippen molar-refractivity contribution in [1.29, 1.82) is 0 Å². The summed E-state index contributed by atoms with van der Waals surface area (Å²) in [4.78, 5) is 10.0. The van der Waals surface area contributed by atoms with Crippen molar-refractivity contribution in [2.24, 2.45) is 5.92 Å². The Hall–Kier alpha value is -0.730. The van der Waals surface area contributed by atoms with E-state index >= 15 is 0 Å². The van der Waals surface area contributed by atoms with Gasteiger partial charge in [-0.05, 0) is 18.8 Å². The first-order chi connectivity index (χ1) is 5.29. The van der Waals surface area contributed by atoms with Gasteiger partial charge in [0.25, 0.3) is 0 Å². The van der Waals surface area contributed by atoms with Crippen molar-refractivity contribution in [3.63, 3.8) is 0 Å². The Balaban J connectivity index is 1.83. The summed E-state index contributed by atoms with van der Waals surface area (Å²) in [5.74, 6) is 0.894. The molecule has 1 amide bonds. The third-order valence-corrected chi connectivity index (χ3v) is 2.29. The molecule has 64 valence electrons. The standard InChI is InChI=1S/C8H15NO2/c10-8(11)9-6-2-5-7-3-1-4-7/h7,9H,1-6H2,(H,10,11). The summed E-state index contributed by atoms with van der Waals surface area (Å²) in [6, 6.07) is 0. The molecular formula is C8H15NO2. The highest BCUT2D eigenvalue weighted by Gasteiger charge is 2.16. The minimum absolute atomic E-state index is 0.617. The normalized spacial score (nSPS) is 17.5. The van der Waals surface area contributed by atoms with E-state index in [-0.39, 0.29) is 0 Å². The van der Waals surface area contributed by atoms with E-state index in [0.717, 1.165) is 12.3 Å². The molecule has 1 rings (SSSR count). The topological polar surface area (TPSA) is 49.3 Å². The van der Waals surface area contributed by atoms with Gasteiger partial charge in [0.15, 0.2) is 0 Å². The van der Waals surface area contributed by atoms with Gasteiger partial charge in [-0.3, -0.25) is 0 Å². The molecule has 0 saturated heterocycles. The van der Waals surface area contributed by atoms with Crippen LogP contribution in [0.3, 0.4) is 0 Å². The monoisotopic (exact) mass is 157 g/mol. The predicted octanol–water partition coefficient (Wildman–Crippen LogP) is 1.83. The van der Waals surface area contributed by atoms with E-state index in [1.165, 1.54) is 25.7 Å². The molecule has 3 nitrogen and oxygen atoms in total. The molecule has 1 aliphatic carbocycles. The van der Waals surface area contributed by atoms with Crippen LogP contribution in [0, 0.1) is 5.92 Å². The third-order valence-electron chi connectivity index (χ3n) is 2.29. The van der Waals surface area contributed by atoms with Gasteiger partial charge in [-0.25, -0.2) is 4.79 Å². The first kappa shape index (κ1) is 8.37. The average molecular weight is 157 g/mol. The Labute approximate surface area is 66.8 Å². The van der Waals surface area contributed by atoms with Crippen LogP contribution < -0.4 is 5.32 Å². The van der Waals surface area contributed by atoms with Crippen LogP contribution in [0.2, 0.25) is 0 Å². The molecule has 0 atom stereocenters. The lowest BCUT2D eigenvalue weighted by Crippen LogP contribution is -2.23. The van der Waals surface area contributed by atoms with Crippen LogP contribution in [-0.4, -0.2) is 17.7 Å². The second-order valence-electron chi connectivity index (χ2n) is 3.17. The Kier molecular flexibility index (Phi) is 3.20. The minimum Gasteiger partial charge on any atom is -0.465 e. The van der Waals surface area contributed by atoms with Crippen LogP contribution in [0.5, 0.6) is 0 Å². The van der Waals surface area contributed by atoms with Crippen molar-refractivity contribution >= 4 is 6.09 Å². The van der Waals surface area contributed by atoms with Gasteiger partial charge in [-0.15, -0.1) is 0 Å². The number of hydrogen-bond donors (Lipinski definition) is 2. The number of nitrogens with one attached hydrogen (secondary N) is 1. The summed E-state index contributed by atoms with van der Waals surface area (Å²) in [6.07, 6.45) is 5.37. The molecule has 0 aromatic heterocycles. The molecule has 0 heterocycles. The Morgan fingerprint density at radius 1 is 1.55 bits per heavy atom. The quantitative estimate of drug-likeness (QED) is 0.612. The second kappa shape index (κ2) is 4.21. The molecule has 1 saturated carbocycles. The van der Waals surface area contributed by atoms with Crippen molar-refractivity contribution in [3.8, 4) is 0 Å². The summed E-state index contributed by atoms with van der Waals surface area (Å²) in [7, 11) is 0. The molecule has 0 aliphatic heterocycles. The van der Waals surface area contributed by atoms with Gasteiger partial charge in [-0.1, -0.05) is 19.3 Å². The number of carbonyl (C=O) groups is 1. The van der Waals surface area contributed by atoms with Gasteiger partial charge in [0.05, 0.1) is 0 Å². The zero-order chi connectivity index (χ0) is 8.10. The Morgan fingerprint density at radius 2 is 2.27 bits per heavy atom. The SMILES string of the molecule is O=C(O)NCCCC1CCC1. The zero-order valence-corrected chi connectivity index (χ0v) is 6.68. The van der Waals surface area contributed by atoms with Crippen molar-refractivity contribution in [1.82, 2.24) is 5.32 Å². The van der Waals surface area contributed by atoms with Crippen LogP contribution in [0.15, 0.2) is 0 Å². The molecule has 1 fully saturated rings. The molecule has 11 heavy (non-hydrogen) atoms. The van der Waals surface area contributed by atoms with E-state index in [9.17, 15) is 4.79 Å². The highest BCUT2D eigenvalue weighted by molar-refractivity contribution is 5.64. The van der Waals surface area contributed by atoms with E-state index < -0.39 is 6.09 Å². The van der Waals surface area contributed by atoms with E-state index in [1.54, 1.807) is 0 Å². The first-order valence-corrected chi connectivity index (χ1v) is 4.26. The molecule has 3 heteroatoms. The largest absolute Gasteiger partial charge is 0.465 e. The van der Waals surface area contributed by atoms with Gasteiger partial charge in [0, 0.05) is 6.54 Å². The van der Waals surface area contributed by atoms with Crippen LogP contribution in [-0.2, 0) is 0 Å². The molecular weight excluding hydrogens is 142 g/mol. The maximum absolute atomic E-state index is 10.0. The fourth-order valence-electron chi connectivity index (χ4n) is 1.37. The minimum atomic E-state index is -0.904. The molecule has 0 unspecified atom stereocenters. The number of rotatable bonds is 4. The molecule has 0 aromatic rings. The molecule has 0 aromatic carbocycles. The lowest BCUT2D eigenvalue weighted by atomic mass is 9.82. The van der Waals surface area contributed by atoms with Gasteiger partial charge in [-0.2, -0.15) is 0 Å². The molecule has 2 N–H and O–H groups in total. The molecule has 0 radical (unpaired) electrons. The summed E-state index contributed by atoms with van der Waals surface area (Å²) in [5.41, 5.74) is 0. The van der Waals surface area contributed by atoms with Crippen LogP contribution in [0.25, 0.3) is 0 Å². The van der Waals surface area contributed by atoms with Crippen molar-refractivity contribution in [2.45, 2.75) is 32.1 Å². The maximum atomic E-state index is 10.0.